The van der Waals surface area contributed by atoms with E-state index in [-0.39, 0.29) is 11.9 Å². The minimum absolute atomic E-state index is 0.270. The standard InChI is InChI=1S/C15H21ClFNS/c1-4-7-18-14-10-5-6-12(17)13(16)11(10)8-19-15(14)9(2)3/h5-6,9,14-15,18H,4,7-8H2,1-3H3. The highest BCUT2D eigenvalue weighted by molar-refractivity contribution is 7.99. The van der Waals surface area contributed by atoms with E-state index in [2.05, 4.69) is 26.1 Å². The molecule has 2 rings (SSSR count). The molecule has 106 valence electrons. The molecule has 1 aromatic carbocycles. The normalized spacial score (nSPS) is 22.6. The largest absolute Gasteiger partial charge is 0.309 e. The summed E-state index contributed by atoms with van der Waals surface area (Å²) in [6, 6.07) is 3.67. The zero-order valence-corrected chi connectivity index (χ0v) is 13.2. The lowest BCUT2D eigenvalue weighted by Crippen LogP contribution is -2.37. The molecule has 2 atom stereocenters. The lowest BCUT2D eigenvalue weighted by molar-refractivity contribution is 0.437. The summed E-state index contributed by atoms with van der Waals surface area (Å²) in [7, 11) is 0. The van der Waals surface area contributed by atoms with Gasteiger partial charge in [-0.2, -0.15) is 11.8 Å². The Kier molecular flexibility index (Phi) is 5.15. The number of nitrogens with one attached hydrogen (secondary N) is 1. The van der Waals surface area contributed by atoms with Crippen LogP contribution in [-0.2, 0) is 5.75 Å². The number of hydrogen-bond acceptors (Lipinski definition) is 2. The van der Waals surface area contributed by atoms with E-state index in [1.54, 1.807) is 0 Å². The molecule has 0 amide bonds. The first kappa shape index (κ1) is 15.1. The quantitative estimate of drug-likeness (QED) is 0.858. The van der Waals surface area contributed by atoms with E-state index in [0.717, 1.165) is 24.3 Å². The first-order valence-electron chi connectivity index (χ1n) is 6.88. The summed E-state index contributed by atoms with van der Waals surface area (Å²) in [4.78, 5) is 0. The van der Waals surface area contributed by atoms with Crippen molar-refractivity contribution in [3.05, 3.63) is 34.1 Å². The molecule has 1 aromatic rings. The number of hydrogen-bond donors (Lipinski definition) is 1. The first-order chi connectivity index (χ1) is 9.06. The topological polar surface area (TPSA) is 12.0 Å². The van der Waals surface area contributed by atoms with E-state index in [1.807, 2.05) is 17.8 Å². The molecule has 0 saturated carbocycles. The SMILES string of the molecule is CCCNC1c2ccc(F)c(Cl)c2CSC1C(C)C. The maximum absolute atomic E-state index is 13.6. The Morgan fingerprint density at radius 2 is 2.21 bits per heavy atom. The van der Waals surface area contributed by atoms with Gasteiger partial charge in [0, 0.05) is 17.0 Å². The van der Waals surface area contributed by atoms with Gasteiger partial charge in [-0.05, 0) is 36.1 Å². The van der Waals surface area contributed by atoms with Crippen LogP contribution in [0.2, 0.25) is 5.02 Å². The van der Waals surface area contributed by atoms with Gasteiger partial charge in [0.1, 0.15) is 5.82 Å². The Balaban J connectivity index is 2.38. The van der Waals surface area contributed by atoms with Crippen LogP contribution in [-0.4, -0.2) is 11.8 Å². The molecule has 1 heterocycles. The van der Waals surface area contributed by atoms with Crippen LogP contribution in [0.4, 0.5) is 4.39 Å². The van der Waals surface area contributed by atoms with E-state index < -0.39 is 0 Å². The average molecular weight is 302 g/mol. The predicted molar refractivity (Wildman–Crippen MR) is 82.4 cm³/mol. The van der Waals surface area contributed by atoms with Gasteiger partial charge in [0.05, 0.1) is 5.02 Å². The summed E-state index contributed by atoms with van der Waals surface area (Å²) in [6.07, 6.45) is 1.09. The lowest BCUT2D eigenvalue weighted by atomic mass is 9.92. The van der Waals surface area contributed by atoms with Crippen LogP contribution < -0.4 is 5.32 Å². The number of benzene rings is 1. The van der Waals surface area contributed by atoms with Gasteiger partial charge in [-0.15, -0.1) is 0 Å². The number of fused-ring (bicyclic) bond motifs is 1. The summed E-state index contributed by atoms with van der Waals surface area (Å²) >= 11 is 8.00. The van der Waals surface area contributed by atoms with E-state index in [4.69, 9.17) is 11.6 Å². The average Bonchev–Trinajstić information content (AvgIpc) is 2.39. The molecule has 0 saturated heterocycles. The molecule has 1 aliphatic heterocycles. The second-order valence-corrected chi connectivity index (χ2v) is 6.92. The Labute approximate surface area is 124 Å². The van der Waals surface area contributed by atoms with Crippen LogP contribution in [0.5, 0.6) is 0 Å². The molecule has 0 bridgehead atoms. The van der Waals surface area contributed by atoms with E-state index >= 15 is 0 Å². The molecule has 0 aliphatic carbocycles. The van der Waals surface area contributed by atoms with Gasteiger partial charge in [-0.1, -0.05) is 38.4 Å². The zero-order valence-electron chi connectivity index (χ0n) is 11.7. The van der Waals surface area contributed by atoms with Crippen LogP contribution in [0.15, 0.2) is 12.1 Å². The van der Waals surface area contributed by atoms with Crippen LogP contribution in [0, 0.1) is 11.7 Å². The van der Waals surface area contributed by atoms with Crippen LogP contribution in [0.1, 0.15) is 44.4 Å². The third-order valence-corrected chi connectivity index (χ3v) is 5.65. The van der Waals surface area contributed by atoms with Crippen molar-refractivity contribution in [2.45, 2.75) is 44.2 Å². The van der Waals surface area contributed by atoms with Crippen molar-refractivity contribution in [1.82, 2.24) is 5.32 Å². The molecule has 2 unspecified atom stereocenters. The van der Waals surface area contributed by atoms with Crippen LogP contribution >= 0.6 is 23.4 Å². The fraction of sp³-hybridized carbons (Fsp3) is 0.600. The highest BCUT2D eigenvalue weighted by Crippen LogP contribution is 2.43. The molecule has 0 aromatic heterocycles. The number of thioether (sulfide) groups is 1. The second kappa shape index (κ2) is 6.47. The van der Waals surface area contributed by atoms with Crippen LogP contribution in [0.3, 0.4) is 0 Å². The van der Waals surface area contributed by atoms with Gasteiger partial charge in [0.25, 0.3) is 0 Å². The number of rotatable bonds is 4. The Bertz CT molecular complexity index is 450. The first-order valence-corrected chi connectivity index (χ1v) is 8.30. The molecule has 4 heteroatoms. The maximum atomic E-state index is 13.6. The molecule has 0 fully saturated rings. The highest BCUT2D eigenvalue weighted by atomic mass is 35.5. The van der Waals surface area contributed by atoms with Crippen molar-refractivity contribution in [3.63, 3.8) is 0 Å². The van der Waals surface area contributed by atoms with Crippen molar-refractivity contribution in [2.75, 3.05) is 6.54 Å². The van der Waals surface area contributed by atoms with E-state index in [9.17, 15) is 4.39 Å². The summed E-state index contributed by atoms with van der Waals surface area (Å²) in [5.41, 5.74) is 2.15. The van der Waals surface area contributed by atoms with Crippen molar-refractivity contribution < 1.29 is 4.39 Å². The smallest absolute Gasteiger partial charge is 0.142 e. The Morgan fingerprint density at radius 1 is 1.47 bits per heavy atom. The van der Waals surface area contributed by atoms with E-state index in [0.29, 0.717) is 16.2 Å². The Hall–Kier alpha value is -0.250. The minimum Gasteiger partial charge on any atom is -0.309 e. The molecule has 1 aliphatic rings. The van der Waals surface area contributed by atoms with Gasteiger partial charge < -0.3 is 5.32 Å². The number of halogens is 2. The second-order valence-electron chi connectivity index (χ2n) is 5.38. The van der Waals surface area contributed by atoms with Crippen LogP contribution in [0.25, 0.3) is 0 Å². The maximum Gasteiger partial charge on any atom is 0.142 e. The summed E-state index contributed by atoms with van der Waals surface area (Å²) in [6.45, 7) is 7.62. The van der Waals surface area contributed by atoms with Crippen molar-refractivity contribution in [2.24, 2.45) is 5.92 Å². The van der Waals surface area contributed by atoms with Gasteiger partial charge in [-0.25, -0.2) is 4.39 Å². The highest BCUT2D eigenvalue weighted by Gasteiger charge is 2.33. The van der Waals surface area contributed by atoms with Gasteiger partial charge in [0.2, 0.25) is 0 Å². The van der Waals surface area contributed by atoms with Gasteiger partial charge >= 0.3 is 0 Å². The summed E-state index contributed by atoms with van der Waals surface area (Å²) < 4.78 is 13.6. The third kappa shape index (κ3) is 3.09. The summed E-state index contributed by atoms with van der Waals surface area (Å²) in [5.74, 6) is 1.08. The predicted octanol–water partition coefficient (Wildman–Crippen LogP) is 4.79. The molecular formula is C15H21ClFNS. The molecular weight excluding hydrogens is 281 g/mol. The molecule has 0 radical (unpaired) electrons. The fourth-order valence-corrected chi connectivity index (χ4v) is 4.41. The zero-order chi connectivity index (χ0) is 14.0. The van der Waals surface area contributed by atoms with Crippen molar-refractivity contribution >= 4 is 23.4 Å². The Morgan fingerprint density at radius 3 is 2.84 bits per heavy atom. The molecule has 19 heavy (non-hydrogen) atoms. The monoisotopic (exact) mass is 301 g/mol. The third-order valence-electron chi connectivity index (χ3n) is 3.59. The van der Waals surface area contributed by atoms with Crippen molar-refractivity contribution in [3.8, 4) is 0 Å². The van der Waals surface area contributed by atoms with Gasteiger partial charge in [-0.3, -0.25) is 0 Å². The molecule has 1 nitrogen and oxygen atoms in total. The lowest BCUT2D eigenvalue weighted by Gasteiger charge is -2.36. The minimum atomic E-state index is -0.307. The fourth-order valence-electron chi connectivity index (χ4n) is 2.60. The molecule has 0 spiro atoms. The van der Waals surface area contributed by atoms with Gasteiger partial charge in [0.15, 0.2) is 0 Å². The van der Waals surface area contributed by atoms with Crippen molar-refractivity contribution in [1.29, 1.82) is 0 Å². The molecule has 1 N–H and O–H groups in total. The van der Waals surface area contributed by atoms with E-state index in [1.165, 1.54) is 11.6 Å². The summed E-state index contributed by atoms with van der Waals surface area (Å²) in [5, 5.41) is 4.42.